The molecular weight excluding hydrogens is 220 g/mol. The highest BCUT2D eigenvalue weighted by molar-refractivity contribution is 7.09. The molecule has 0 bridgehead atoms. The molecule has 0 aliphatic carbocycles. The summed E-state index contributed by atoms with van der Waals surface area (Å²) in [5.74, 6) is 4.73. The van der Waals surface area contributed by atoms with Gasteiger partial charge in [0.05, 0.1) is 17.2 Å². The van der Waals surface area contributed by atoms with Crippen LogP contribution in [-0.2, 0) is 16.8 Å². The standard InChI is InChI=1S/C12H16N2OS/c1-5-6-10(15)13-7-9-8-16-11(14-9)12(2,3)4/h8H,7H2,1-4H3,(H,13,15). The summed E-state index contributed by atoms with van der Waals surface area (Å²) >= 11 is 1.62. The van der Waals surface area contributed by atoms with Crippen LogP contribution in [0.1, 0.15) is 38.4 Å². The molecule has 0 aliphatic heterocycles. The van der Waals surface area contributed by atoms with E-state index >= 15 is 0 Å². The van der Waals surface area contributed by atoms with Crippen LogP contribution in [0.4, 0.5) is 0 Å². The molecule has 3 nitrogen and oxygen atoms in total. The quantitative estimate of drug-likeness (QED) is 0.799. The Morgan fingerprint density at radius 3 is 2.75 bits per heavy atom. The molecule has 0 saturated carbocycles. The van der Waals surface area contributed by atoms with Gasteiger partial charge in [-0.3, -0.25) is 4.79 Å². The molecule has 0 spiro atoms. The number of nitrogens with zero attached hydrogens (tertiary/aromatic N) is 1. The predicted molar refractivity (Wildman–Crippen MR) is 66.1 cm³/mol. The van der Waals surface area contributed by atoms with E-state index in [1.54, 1.807) is 18.3 Å². The van der Waals surface area contributed by atoms with E-state index in [-0.39, 0.29) is 11.3 Å². The van der Waals surface area contributed by atoms with Crippen molar-refractivity contribution in [2.24, 2.45) is 0 Å². The molecule has 16 heavy (non-hydrogen) atoms. The van der Waals surface area contributed by atoms with Gasteiger partial charge in [0.25, 0.3) is 5.91 Å². The fourth-order valence-electron chi connectivity index (χ4n) is 1.06. The average Bonchev–Trinajstić information content (AvgIpc) is 2.63. The van der Waals surface area contributed by atoms with Gasteiger partial charge < -0.3 is 5.32 Å². The first-order valence-electron chi connectivity index (χ1n) is 5.09. The third kappa shape index (κ3) is 3.67. The molecule has 1 heterocycles. The average molecular weight is 236 g/mol. The molecule has 0 radical (unpaired) electrons. The van der Waals surface area contributed by atoms with Crippen molar-refractivity contribution in [1.82, 2.24) is 10.3 Å². The normalized spacial score (nSPS) is 10.5. The van der Waals surface area contributed by atoms with Crippen LogP contribution in [0.3, 0.4) is 0 Å². The van der Waals surface area contributed by atoms with Crippen molar-refractivity contribution in [3.05, 3.63) is 16.1 Å². The minimum absolute atomic E-state index is 0.0656. The first-order chi connectivity index (χ1) is 7.43. The van der Waals surface area contributed by atoms with Crippen molar-refractivity contribution in [2.45, 2.75) is 39.7 Å². The van der Waals surface area contributed by atoms with Crippen molar-refractivity contribution in [1.29, 1.82) is 0 Å². The summed E-state index contributed by atoms with van der Waals surface area (Å²) in [5, 5.41) is 5.75. The zero-order valence-electron chi connectivity index (χ0n) is 10.0. The predicted octanol–water partition coefficient (Wildman–Crippen LogP) is 2.08. The lowest BCUT2D eigenvalue weighted by atomic mass is 9.98. The van der Waals surface area contributed by atoms with Gasteiger partial charge in [-0.1, -0.05) is 26.7 Å². The number of thiazole rings is 1. The van der Waals surface area contributed by atoms with Gasteiger partial charge in [-0.2, -0.15) is 0 Å². The van der Waals surface area contributed by atoms with Crippen molar-refractivity contribution in [3.63, 3.8) is 0 Å². The molecule has 1 amide bonds. The zero-order valence-corrected chi connectivity index (χ0v) is 10.9. The largest absolute Gasteiger partial charge is 0.340 e. The summed E-state index contributed by atoms with van der Waals surface area (Å²) in [6, 6.07) is 0. The van der Waals surface area contributed by atoms with Crippen molar-refractivity contribution >= 4 is 17.2 Å². The Bertz CT molecular complexity index is 432. The lowest BCUT2D eigenvalue weighted by molar-refractivity contribution is -0.115. The van der Waals surface area contributed by atoms with Crippen LogP contribution in [0.5, 0.6) is 0 Å². The van der Waals surface area contributed by atoms with E-state index in [1.165, 1.54) is 0 Å². The molecule has 0 saturated heterocycles. The molecule has 86 valence electrons. The van der Waals surface area contributed by atoms with Crippen molar-refractivity contribution in [3.8, 4) is 11.8 Å². The first kappa shape index (κ1) is 12.7. The number of nitrogens with one attached hydrogen (secondary N) is 1. The van der Waals surface area contributed by atoms with Crippen LogP contribution in [0, 0.1) is 11.8 Å². The van der Waals surface area contributed by atoms with Gasteiger partial charge in [0.15, 0.2) is 0 Å². The van der Waals surface area contributed by atoms with Crippen LogP contribution < -0.4 is 5.32 Å². The van der Waals surface area contributed by atoms with Crippen LogP contribution in [0.15, 0.2) is 5.38 Å². The Hall–Kier alpha value is -1.34. The Labute approximate surface area is 100 Å². The summed E-state index contributed by atoms with van der Waals surface area (Å²) in [6.45, 7) is 8.45. The van der Waals surface area contributed by atoms with E-state index in [0.717, 1.165) is 10.7 Å². The van der Waals surface area contributed by atoms with Gasteiger partial charge in [0, 0.05) is 10.8 Å². The maximum atomic E-state index is 11.1. The molecule has 0 fully saturated rings. The van der Waals surface area contributed by atoms with E-state index in [0.29, 0.717) is 6.54 Å². The maximum Gasteiger partial charge on any atom is 0.296 e. The van der Waals surface area contributed by atoms with E-state index in [9.17, 15) is 4.79 Å². The van der Waals surface area contributed by atoms with Gasteiger partial charge in [0.1, 0.15) is 0 Å². The summed E-state index contributed by atoms with van der Waals surface area (Å²) in [4.78, 5) is 15.6. The second kappa shape index (κ2) is 5.13. The van der Waals surface area contributed by atoms with Crippen LogP contribution >= 0.6 is 11.3 Å². The number of rotatable bonds is 2. The fourth-order valence-corrected chi connectivity index (χ4v) is 1.97. The highest BCUT2D eigenvalue weighted by atomic mass is 32.1. The van der Waals surface area contributed by atoms with Crippen molar-refractivity contribution in [2.75, 3.05) is 0 Å². The third-order valence-corrected chi connectivity index (χ3v) is 3.18. The number of hydrogen-bond donors (Lipinski definition) is 1. The van der Waals surface area contributed by atoms with Gasteiger partial charge in [-0.05, 0) is 12.8 Å². The van der Waals surface area contributed by atoms with Crippen LogP contribution in [0.2, 0.25) is 0 Å². The molecule has 4 heteroatoms. The molecule has 1 N–H and O–H groups in total. The van der Waals surface area contributed by atoms with Gasteiger partial charge in [0.2, 0.25) is 0 Å². The molecule has 0 aromatic carbocycles. The molecule has 1 aromatic rings. The van der Waals surface area contributed by atoms with Gasteiger partial charge >= 0.3 is 0 Å². The van der Waals surface area contributed by atoms with Gasteiger partial charge in [-0.25, -0.2) is 4.98 Å². The molecule has 0 aliphatic rings. The number of carbonyl (C=O) groups excluding carboxylic acids is 1. The highest BCUT2D eigenvalue weighted by Crippen LogP contribution is 2.25. The van der Waals surface area contributed by atoms with Crippen LogP contribution in [0.25, 0.3) is 0 Å². The summed E-state index contributed by atoms with van der Waals surface area (Å²) in [7, 11) is 0. The number of amides is 1. The molecule has 1 aromatic heterocycles. The Balaban J connectivity index is 2.59. The molecule has 0 atom stereocenters. The maximum absolute atomic E-state index is 11.1. The van der Waals surface area contributed by atoms with E-state index in [1.807, 2.05) is 5.38 Å². The molecule has 1 rings (SSSR count). The molecular formula is C12H16N2OS. The second-order valence-corrected chi connectivity index (χ2v) is 5.31. The van der Waals surface area contributed by atoms with Crippen LogP contribution in [-0.4, -0.2) is 10.9 Å². The van der Waals surface area contributed by atoms with E-state index in [2.05, 4.69) is 42.9 Å². The third-order valence-electron chi connectivity index (χ3n) is 1.86. The highest BCUT2D eigenvalue weighted by Gasteiger charge is 2.17. The van der Waals surface area contributed by atoms with E-state index < -0.39 is 0 Å². The first-order valence-corrected chi connectivity index (χ1v) is 5.97. The topological polar surface area (TPSA) is 42.0 Å². The minimum atomic E-state index is -0.257. The lowest BCUT2D eigenvalue weighted by Gasteiger charge is -2.13. The van der Waals surface area contributed by atoms with Gasteiger partial charge in [-0.15, -0.1) is 11.3 Å². The number of hydrogen-bond acceptors (Lipinski definition) is 3. The Morgan fingerprint density at radius 1 is 1.56 bits per heavy atom. The summed E-state index contributed by atoms with van der Waals surface area (Å²) < 4.78 is 0. The monoisotopic (exact) mass is 236 g/mol. The summed E-state index contributed by atoms with van der Waals surface area (Å²) in [6.07, 6.45) is 0. The summed E-state index contributed by atoms with van der Waals surface area (Å²) in [5.41, 5.74) is 0.956. The van der Waals surface area contributed by atoms with E-state index in [4.69, 9.17) is 0 Å². The second-order valence-electron chi connectivity index (χ2n) is 4.45. The smallest absolute Gasteiger partial charge is 0.296 e. The number of aromatic nitrogens is 1. The number of carbonyl (C=O) groups is 1. The van der Waals surface area contributed by atoms with Crippen molar-refractivity contribution < 1.29 is 4.79 Å². The Kier molecular flexibility index (Phi) is 4.08. The zero-order chi connectivity index (χ0) is 12.2. The SMILES string of the molecule is CC#CC(=O)NCc1csc(C(C)(C)C)n1. The minimum Gasteiger partial charge on any atom is -0.340 e. The molecule has 0 unspecified atom stereocenters. The lowest BCUT2D eigenvalue weighted by Crippen LogP contribution is -2.21. The Morgan fingerprint density at radius 2 is 2.25 bits per heavy atom. The fraction of sp³-hybridized carbons (Fsp3) is 0.500.